The Morgan fingerprint density at radius 1 is 0.920 bits per heavy atom. The van der Waals surface area contributed by atoms with Crippen molar-refractivity contribution in [3.05, 3.63) is 84.3 Å². The number of pyridine rings is 1. The summed E-state index contributed by atoms with van der Waals surface area (Å²) in [7, 11) is 0. The third-order valence-corrected chi connectivity index (χ3v) is 4.07. The molecule has 0 aliphatic rings. The Bertz CT molecular complexity index is 995. The fourth-order valence-electron chi connectivity index (χ4n) is 2.81. The number of hydrogen-bond donors (Lipinski definition) is 1. The Kier molecular flexibility index (Phi) is 4.04. The molecule has 2 aromatic heterocycles. The van der Waals surface area contributed by atoms with Crippen LogP contribution in [0.15, 0.2) is 73.2 Å². The van der Waals surface area contributed by atoms with Crippen molar-refractivity contribution in [2.75, 3.05) is 5.73 Å². The van der Waals surface area contributed by atoms with Crippen molar-refractivity contribution >= 4 is 16.9 Å². The summed E-state index contributed by atoms with van der Waals surface area (Å²) < 4.78 is 7.96. The number of rotatable bonds is 5. The fourth-order valence-corrected chi connectivity index (χ4v) is 2.81. The van der Waals surface area contributed by atoms with Crippen LogP contribution in [0.3, 0.4) is 0 Å². The smallest absolute Gasteiger partial charge is 0.151 e. The first-order valence-corrected chi connectivity index (χ1v) is 8.10. The highest BCUT2D eigenvalue weighted by molar-refractivity contribution is 5.84. The lowest BCUT2D eigenvalue weighted by Crippen LogP contribution is -2.00. The van der Waals surface area contributed by atoms with Crippen LogP contribution in [-0.4, -0.2) is 14.5 Å². The lowest BCUT2D eigenvalue weighted by Gasteiger charge is -2.09. The molecular formula is C20H18N4O. The van der Waals surface area contributed by atoms with E-state index in [1.54, 1.807) is 12.5 Å². The van der Waals surface area contributed by atoms with Crippen molar-refractivity contribution in [3.8, 4) is 5.75 Å². The van der Waals surface area contributed by atoms with Crippen LogP contribution in [0.1, 0.15) is 11.1 Å². The molecule has 0 fully saturated rings. The van der Waals surface area contributed by atoms with Crippen LogP contribution in [0.25, 0.3) is 11.0 Å². The monoisotopic (exact) mass is 330 g/mol. The van der Waals surface area contributed by atoms with E-state index in [9.17, 15) is 0 Å². The van der Waals surface area contributed by atoms with Gasteiger partial charge in [0, 0.05) is 12.7 Å². The second-order valence-corrected chi connectivity index (χ2v) is 5.86. The van der Waals surface area contributed by atoms with Crippen LogP contribution in [0, 0.1) is 0 Å². The molecule has 0 atom stereocenters. The minimum absolute atomic E-state index is 0.455. The van der Waals surface area contributed by atoms with Gasteiger partial charge < -0.3 is 15.0 Å². The Balaban J connectivity index is 1.52. The minimum Gasteiger partial charge on any atom is -0.489 e. The maximum absolute atomic E-state index is 5.90. The molecule has 4 rings (SSSR count). The molecule has 2 heterocycles. The number of ether oxygens (including phenoxy) is 1. The van der Waals surface area contributed by atoms with Crippen LogP contribution >= 0.6 is 0 Å². The molecule has 0 aliphatic heterocycles. The van der Waals surface area contributed by atoms with Gasteiger partial charge in [-0.3, -0.25) is 0 Å². The number of imidazole rings is 1. The highest BCUT2D eigenvalue weighted by atomic mass is 16.5. The molecule has 0 radical (unpaired) electrons. The van der Waals surface area contributed by atoms with E-state index >= 15 is 0 Å². The first kappa shape index (κ1) is 15.2. The van der Waals surface area contributed by atoms with Gasteiger partial charge in [0.25, 0.3) is 0 Å². The van der Waals surface area contributed by atoms with Crippen LogP contribution in [0.2, 0.25) is 0 Å². The molecule has 4 aromatic rings. The van der Waals surface area contributed by atoms with E-state index in [0.29, 0.717) is 19.0 Å². The summed E-state index contributed by atoms with van der Waals surface area (Å²) in [6.45, 7) is 1.25. The molecule has 25 heavy (non-hydrogen) atoms. The molecule has 0 unspecified atom stereocenters. The number of benzene rings is 2. The Morgan fingerprint density at radius 2 is 1.76 bits per heavy atom. The van der Waals surface area contributed by atoms with Gasteiger partial charge in [-0.05, 0) is 29.3 Å². The van der Waals surface area contributed by atoms with Crippen molar-refractivity contribution in [3.63, 3.8) is 0 Å². The molecule has 5 nitrogen and oxygen atoms in total. The standard InChI is InChI=1S/C20H18N4O/c21-20-19-18(9-10-22-20)24(14-23-19)12-16-7-4-8-17(11-16)25-13-15-5-2-1-3-6-15/h1-11,14H,12-13H2,(H2,21,22). The third-order valence-electron chi connectivity index (χ3n) is 4.07. The summed E-state index contributed by atoms with van der Waals surface area (Å²) >= 11 is 0. The number of anilines is 1. The summed E-state index contributed by atoms with van der Waals surface area (Å²) in [6, 6.07) is 20.2. The van der Waals surface area contributed by atoms with Crippen molar-refractivity contribution in [1.29, 1.82) is 0 Å². The molecule has 2 aromatic carbocycles. The Morgan fingerprint density at radius 3 is 2.64 bits per heavy atom. The summed E-state index contributed by atoms with van der Waals surface area (Å²) in [5.41, 5.74) is 9.87. The van der Waals surface area contributed by atoms with Crippen molar-refractivity contribution in [1.82, 2.24) is 14.5 Å². The Hall–Kier alpha value is -3.34. The molecule has 124 valence electrons. The number of nitrogen functional groups attached to an aromatic ring is 1. The first-order chi connectivity index (χ1) is 12.3. The zero-order valence-corrected chi connectivity index (χ0v) is 13.7. The van der Waals surface area contributed by atoms with Crippen LogP contribution in [0.4, 0.5) is 5.82 Å². The maximum atomic E-state index is 5.90. The number of fused-ring (bicyclic) bond motifs is 1. The normalized spacial score (nSPS) is 10.9. The Labute approximate surface area is 145 Å². The average Bonchev–Trinajstić information content (AvgIpc) is 3.06. The van der Waals surface area contributed by atoms with Gasteiger partial charge in [0.15, 0.2) is 5.82 Å². The molecule has 2 N–H and O–H groups in total. The first-order valence-electron chi connectivity index (χ1n) is 8.10. The van der Waals surface area contributed by atoms with Gasteiger partial charge in [-0.25, -0.2) is 9.97 Å². The lowest BCUT2D eigenvalue weighted by molar-refractivity contribution is 0.306. The molecule has 0 bridgehead atoms. The molecule has 0 aliphatic carbocycles. The topological polar surface area (TPSA) is 66.0 Å². The van der Waals surface area contributed by atoms with Gasteiger partial charge in [0.2, 0.25) is 0 Å². The molecule has 0 spiro atoms. The number of nitrogens with zero attached hydrogens (tertiary/aromatic N) is 3. The van der Waals surface area contributed by atoms with Gasteiger partial charge in [0.1, 0.15) is 17.9 Å². The van der Waals surface area contributed by atoms with Crippen molar-refractivity contribution < 1.29 is 4.74 Å². The SMILES string of the molecule is Nc1nccc2c1ncn2Cc1cccc(OCc2ccccc2)c1. The molecule has 0 saturated carbocycles. The highest BCUT2D eigenvalue weighted by Gasteiger charge is 2.07. The van der Waals surface area contributed by atoms with Crippen LogP contribution < -0.4 is 10.5 Å². The van der Waals surface area contributed by atoms with Gasteiger partial charge >= 0.3 is 0 Å². The molecular weight excluding hydrogens is 312 g/mol. The van der Waals surface area contributed by atoms with E-state index in [0.717, 1.165) is 27.9 Å². The zero-order chi connectivity index (χ0) is 17.1. The molecule has 0 amide bonds. The lowest BCUT2D eigenvalue weighted by atomic mass is 10.2. The largest absolute Gasteiger partial charge is 0.489 e. The average molecular weight is 330 g/mol. The van der Waals surface area contributed by atoms with Gasteiger partial charge in [-0.1, -0.05) is 42.5 Å². The second kappa shape index (κ2) is 6.65. The van der Waals surface area contributed by atoms with Crippen molar-refractivity contribution in [2.45, 2.75) is 13.2 Å². The fraction of sp³-hybridized carbons (Fsp3) is 0.100. The van der Waals surface area contributed by atoms with Crippen LogP contribution in [0.5, 0.6) is 5.75 Å². The van der Waals surface area contributed by atoms with E-state index in [1.807, 2.05) is 36.4 Å². The maximum Gasteiger partial charge on any atom is 0.151 e. The summed E-state index contributed by atoms with van der Waals surface area (Å²) in [5.74, 6) is 1.31. The quantitative estimate of drug-likeness (QED) is 0.607. The predicted octanol–water partition coefficient (Wildman–Crippen LogP) is 3.64. The zero-order valence-electron chi connectivity index (χ0n) is 13.7. The summed E-state index contributed by atoms with van der Waals surface area (Å²) in [6.07, 6.45) is 3.50. The predicted molar refractivity (Wildman–Crippen MR) is 98.3 cm³/mol. The van der Waals surface area contributed by atoms with E-state index in [2.05, 4.69) is 38.8 Å². The third kappa shape index (κ3) is 3.30. The van der Waals surface area contributed by atoms with E-state index in [1.165, 1.54) is 0 Å². The van der Waals surface area contributed by atoms with Crippen molar-refractivity contribution in [2.24, 2.45) is 0 Å². The minimum atomic E-state index is 0.455. The van der Waals surface area contributed by atoms with Crippen LogP contribution in [-0.2, 0) is 13.2 Å². The van der Waals surface area contributed by atoms with Gasteiger partial charge in [-0.2, -0.15) is 0 Å². The second-order valence-electron chi connectivity index (χ2n) is 5.86. The highest BCUT2D eigenvalue weighted by Crippen LogP contribution is 2.20. The molecule has 0 saturated heterocycles. The number of hydrogen-bond acceptors (Lipinski definition) is 4. The molecule has 5 heteroatoms. The van der Waals surface area contributed by atoms with E-state index in [4.69, 9.17) is 10.5 Å². The van der Waals surface area contributed by atoms with E-state index < -0.39 is 0 Å². The van der Waals surface area contributed by atoms with Gasteiger partial charge in [-0.15, -0.1) is 0 Å². The van der Waals surface area contributed by atoms with Gasteiger partial charge in [0.05, 0.1) is 11.8 Å². The number of aromatic nitrogens is 3. The van der Waals surface area contributed by atoms with E-state index in [-0.39, 0.29) is 0 Å². The summed E-state index contributed by atoms with van der Waals surface area (Å²) in [4.78, 5) is 8.43. The summed E-state index contributed by atoms with van der Waals surface area (Å²) in [5, 5.41) is 0. The number of nitrogens with two attached hydrogens (primary N) is 1.